The zero-order valence-corrected chi connectivity index (χ0v) is 14.3. The minimum Gasteiger partial charge on any atom is -0.497 e. The molecule has 0 aliphatic heterocycles. The molecule has 3 nitrogen and oxygen atoms in total. The number of ketones is 1. The summed E-state index contributed by atoms with van der Waals surface area (Å²) in [5, 5.41) is 0. The normalized spacial score (nSPS) is 17.5. The fourth-order valence-corrected chi connectivity index (χ4v) is 2.96. The van der Waals surface area contributed by atoms with Crippen LogP contribution >= 0.6 is 0 Å². The third-order valence-corrected chi connectivity index (χ3v) is 4.46. The fraction of sp³-hybridized carbons (Fsp3) is 0.238. The maximum atomic E-state index is 14.5. The Labute approximate surface area is 146 Å². The molecule has 1 atom stereocenters. The van der Waals surface area contributed by atoms with E-state index in [4.69, 9.17) is 4.74 Å². The Morgan fingerprint density at radius 2 is 2.00 bits per heavy atom. The fourth-order valence-electron chi connectivity index (χ4n) is 2.96. The first-order valence-corrected chi connectivity index (χ1v) is 8.24. The summed E-state index contributed by atoms with van der Waals surface area (Å²) >= 11 is 0. The number of nitrogens with zero attached hydrogens (tertiary/aromatic N) is 1. The van der Waals surface area contributed by atoms with Gasteiger partial charge in [0.05, 0.1) is 12.8 Å². The van der Waals surface area contributed by atoms with Gasteiger partial charge in [0.1, 0.15) is 5.75 Å². The number of ether oxygens (including phenoxy) is 1. The van der Waals surface area contributed by atoms with Crippen LogP contribution in [0.1, 0.15) is 24.6 Å². The van der Waals surface area contributed by atoms with Gasteiger partial charge in [-0.05, 0) is 66.8 Å². The Kier molecular flexibility index (Phi) is 5.08. The van der Waals surface area contributed by atoms with Crippen LogP contribution in [0.5, 0.6) is 5.75 Å². The van der Waals surface area contributed by atoms with Gasteiger partial charge < -0.3 is 4.74 Å². The molecule has 25 heavy (non-hydrogen) atoms. The number of carbonyl (C=O) groups is 1. The highest BCUT2D eigenvalue weighted by Gasteiger charge is 2.30. The summed E-state index contributed by atoms with van der Waals surface area (Å²) < 4.78 is 19.7. The molecular weight excluding hydrogens is 317 g/mol. The Bertz CT molecular complexity index is 840. The van der Waals surface area contributed by atoms with Gasteiger partial charge in [0.25, 0.3) is 0 Å². The molecule has 0 spiro atoms. The SMILES string of the molecule is COc1cccc(CCC2=C(C)C(=O)C(F)C(c3ccccn3)=C2)c1. The van der Waals surface area contributed by atoms with Crippen LogP contribution < -0.4 is 4.74 Å². The average molecular weight is 337 g/mol. The van der Waals surface area contributed by atoms with Crippen LogP contribution in [0.4, 0.5) is 4.39 Å². The zero-order valence-electron chi connectivity index (χ0n) is 14.3. The van der Waals surface area contributed by atoms with E-state index in [2.05, 4.69) is 4.98 Å². The molecule has 0 amide bonds. The largest absolute Gasteiger partial charge is 0.497 e. The molecule has 1 aliphatic rings. The number of aromatic nitrogens is 1. The molecule has 1 unspecified atom stereocenters. The maximum Gasteiger partial charge on any atom is 0.197 e. The van der Waals surface area contributed by atoms with Crippen molar-refractivity contribution in [1.29, 1.82) is 0 Å². The van der Waals surface area contributed by atoms with Crippen molar-refractivity contribution in [2.45, 2.75) is 25.9 Å². The van der Waals surface area contributed by atoms with E-state index >= 15 is 0 Å². The second-order valence-electron chi connectivity index (χ2n) is 6.04. The third-order valence-electron chi connectivity index (χ3n) is 4.46. The van der Waals surface area contributed by atoms with Crippen molar-refractivity contribution in [2.75, 3.05) is 7.11 Å². The van der Waals surface area contributed by atoms with Gasteiger partial charge in [0.15, 0.2) is 12.0 Å². The van der Waals surface area contributed by atoms with Crippen LogP contribution in [-0.4, -0.2) is 24.0 Å². The lowest BCUT2D eigenvalue weighted by molar-refractivity contribution is -0.118. The van der Waals surface area contributed by atoms with E-state index < -0.39 is 12.0 Å². The third kappa shape index (κ3) is 3.68. The monoisotopic (exact) mass is 337 g/mol. The van der Waals surface area contributed by atoms with Gasteiger partial charge in [0.2, 0.25) is 0 Å². The van der Waals surface area contributed by atoms with E-state index in [1.54, 1.807) is 44.5 Å². The molecule has 0 radical (unpaired) electrons. The minimum absolute atomic E-state index is 0.344. The molecule has 0 saturated carbocycles. The Morgan fingerprint density at radius 1 is 1.16 bits per heavy atom. The van der Waals surface area contributed by atoms with Crippen molar-refractivity contribution in [1.82, 2.24) is 4.98 Å². The molecule has 0 fully saturated rings. The highest BCUT2D eigenvalue weighted by atomic mass is 19.1. The number of benzene rings is 1. The summed E-state index contributed by atoms with van der Waals surface area (Å²) in [6.07, 6.45) is 3.15. The van der Waals surface area contributed by atoms with Crippen molar-refractivity contribution in [3.63, 3.8) is 0 Å². The molecule has 1 aromatic heterocycles. The predicted octanol–water partition coefficient (Wildman–Crippen LogP) is 4.34. The van der Waals surface area contributed by atoms with Crippen LogP contribution in [-0.2, 0) is 11.2 Å². The van der Waals surface area contributed by atoms with Crippen LogP contribution in [0.3, 0.4) is 0 Å². The lowest BCUT2D eigenvalue weighted by Crippen LogP contribution is -2.23. The number of Topliss-reactive ketones (excluding diaryl/α,β-unsaturated/α-hetero) is 1. The minimum atomic E-state index is -1.64. The van der Waals surface area contributed by atoms with Gasteiger partial charge >= 0.3 is 0 Å². The van der Waals surface area contributed by atoms with Gasteiger partial charge in [-0.25, -0.2) is 4.39 Å². The smallest absolute Gasteiger partial charge is 0.197 e. The summed E-state index contributed by atoms with van der Waals surface area (Å²) in [6, 6.07) is 13.1. The summed E-state index contributed by atoms with van der Waals surface area (Å²) in [4.78, 5) is 16.5. The van der Waals surface area contributed by atoms with Crippen LogP contribution in [0.15, 0.2) is 65.9 Å². The van der Waals surface area contributed by atoms with E-state index in [1.807, 2.05) is 24.3 Å². The summed E-state index contributed by atoms with van der Waals surface area (Å²) in [7, 11) is 1.63. The van der Waals surface area contributed by atoms with E-state index in [0.717, 1.165) is 23.3 Å². The van der Waals surface area contributed by atoms with Crippen LogP contribution in [0, 0.1) is 0 Å². The van der Waals surface area contributed by atoms with Crippen molar-refractivity contribution >= 4 is 11.4 Å². The molecular formula is C21H20FNO2. The van der Waals surface area contributed by atoms with Gasteiger partial charge in [-0.1, -0.05) is 18.2 Å². The molecule has 4 heteroatoms. The molecule has 1 aliphatic carbocycles. The Balaban J connectivity index is 1.86. The van der Waals surface area contributed by atoms with Crippen molar-refractivity contribution in [3.05, 3.63) is 77.1 Å². The number of alkyl halides is 1. The highest BCUT2D eigenvalue weighted by Crippen LogP contribution is 2.31. The second-order valence-corrected chi connectivity index (χ2v) is 6.04. The number of allylic oxidation sites excluding steroid dienone is 4. The number of methoxy groups -OCH3 is 1. The van der Waals surface area contributed by atoms with Gasteiger partial charge in [-0.15, -0.1) is 0 Å². The second kappa shape index (κ2) is 7.43. The number of aryl methyl sites for hydroxylation is 1. The lowest BCUT2D eigenvalue weighted by atomic mass is 9.86. The topological polar surface area (TPSA) is 39.2 Å². The number of carbonyl (C=O) groups excluding carboxylic acids is 1. The first-order chi connectivity index (χ1) is 12.1. The summed E-state index contributed by atoms with van der Waals surface area (Å²) in [5.41, 5.74) is 3.33. The number of hydrogen-bond donors (Lipinski definition) is 0. The number of hydrogen-bond acceptors (Lipinski definition) is 3. The summed E-state index contributed by atoms with van der Waals surface area (Å²) in [5.74, 6) is 0.334. The number of rotatable bonds is 5. The molecule has 2 aromatic rings. The molecule has 0 bridgehead atoms. The number of pyridine rings is 1. The molecule has 1 aromatic carbocycles. The summed E-state index contributed by atoms with van der Waals surface area (Å²) in [6.45, 7) is 1.70. The van der Waals surface area contributed by atoms with E-state index in [1.165, 1.54) is 0 Å². The zero-order chi connectivity index (χ0) is 17.8. The van der Waals surface area contributed by atoms with E-state index in [9.17, 15) is 9.18 Å². The van der Waals surface area contributed by atoms with Gasteiger partial charge in [-0.3, -0.25) is 9.78 Å². The van der Waals surface area contributed by atoms with Crippen molar-refractivity contribution < 1.29 is 13.9 Å². The molecule has 0 N–H and O–H groups in total. The highest BCUT2D eigenvalue weighted by molar-refractivity contribution is 6.09. The molecule has 128 valence electrons. The van der Waals surface area contributed by atoms with E-state index in [0.29, 0.717) is 23.3 Å². The predicted molar refractivity (Wildman–Crippen MR) is 96.1 cm³/mol. The lowest BCUT2D eigenvalue weighted by Gasteiger charge is -2.20. The first kappa shape index (κ1) is 17.1. The Morgan fingerprint density at radius 3 is 2.72 bits per heavy atom. The standard InChI is InChI=1S/C21H20FNO2/c1-14-16(10-9-15-6-5-7-17(12-15)25-2)13-18(20(22)21(14)24)19-8-3-4-11-23-19/h3-8,11-13,20H,9-10H2,1-2H3. The first-order valence-electron chi connectivity index (χ1n) is 8.24. The van der Waals surface area contributed by atoms with Crippen molar-refractivity contribution in [3.8, 4) is 5.75 Å². The van der Waals surface area contributed by atoms with Gasteiger partial charge in [-0.2, -0.15) is 0 Å². The average Bonchev–Trinajstić information content (AvgIpc) is 2.66. The van der Waals surface area contributed by atoms with Crippen LogP contribution in [0.25, 0.3) is 5.57 Å². The Hall–Kier alpha value is -2.75. The quantitative estimate of drug-likeness (QED) is 0.814. The maximum absolute atomic E-state index is 14.5. The molecule has 1 heterocycles. The number of halogens is 1. The van der Waals surface area contributed by atoms with Gasteiger partial charge in [0, 0.05) is 11.8 Å². The molecule has 3 rings (SSSR count). The molecule has 0 saturated heterocycles. The van der Waals surface area contributed by atoms with Crippen molar-refractivity contribution in [2.24, 2.45) is 0 Å². The van der Waals surface area contributed by atoms with Crippen LogP contribution in [0.2, 0.25) is 0 Å². The van der Waals surface area contributed by atoms with E-state index in [-0.39, 0.29) is 0 Å².